The summed E-state index contributed by atoms with van der Waals surface area (Å²) in [6, 6.07) is 6.26. The van der Waals surface area contributed by atoms with Crippen molar-refractivity contribution >= 4 is 17.6 Å². The summed E-state index contributed by atoms with van der Waals surface area (Å²) in [5.74, 6) is -1.56. The van der Waals surface area contributed by atoms with Crippen LogP contribution in [0.1, 0.15) is 40.9 Å². The summed E-state index contributed by atoms with van der Waals surface area (Å²) >= 11 is 0. The summed E-state index contributed by atoms with van der Waals surface area (Å²) in [5.41, 5.74) is 1.13. The summed E-state index contributed by atoms with van der Waals surface area (Å²) < 4.78 is 19.6. The van der Waals surface area contributed by atoms with Crippen LogP contribution in [0.15, 0.2) is 34.9 Å². The third-order valence-electron chi connectivity index (χ3n) is 5.12. The number of fused-ring (bicyclic) bond motifs is 2. The fourth-order valence-electron chi connectivity index (χ4n) is 3.87. The molecule has 1 aliphatic heterocycles. The van der Waals surface area contributed by atoms with Gasteiger partial charge in [-0.25, -0.2) is 4.39 Å². The lowest BCUT2D eigenvalue weighted by molar-refractivity contribution is -0.136. The monoisotopic (exact) mass is 329 g/mol. The van der Waals surface area contributed by atoms with Crippen molar-refractivity contribution in [3.05, 3.63) is 53.2 Å². The first-order valence-corrected chi connectivity index (χ1v) is 7.91. The van der Waals surface area contributed by atoms with Gasteiger partial charge in [0.25, 0.3) is 5.91 Å². The van der Waals surface area contributed by atoms with E-state index in [1.807, 2.05) is 0 Å². The smallest absolute Gasteiger partial charge is 0.311 e. The predicted molar refractivity (Wildman–Crippen MR) is 83.7 cm³/mol. The van der Waals surface area contributed by atoms with Crippen molar-refractivity contribution in [2.45, 2.75) is 31.1 Å². The Kier molecular flexibility index (Phi) is 3.23. The molecule has 1 saturated carbocycles. The fourth-order valence-corrected chi connectivity index (χ4v) is 3.87. The van der Waals surface area contributed by atoms with Crippen LogP contribution in [0, 0.1) is 5.82 Å². The molecule has 0 unspecified atom stereocenters. The quantitative estimate of drug-likeness (QED) is 0.939. The number of aliphatic carboxylic acids is 1. The van der Waals surface area contributed by atoms with Crippen molar-refractivity contribution in [1.29, 1.82) is 0 Å². The van der Waals surface area contributed by atoms with E-state index in [4.69, 9.17) is 9.52 Å². The number of furan rings is 1. The van der Waals surface area contributed by atoms with Crippen LogP contribution in [0.2, 0.25) is 0 Å². The van der Waals surface area contributed by atoms with Gasteiger partial charge >= 0.3 is 5.97 Å². The number of carboxylic acid groups (broad SMARTS) is 1. The number of amides is 1. The number of halogens is 1. The molecule has 2 aromatic rings. The third-order valence-corrected chi connectivity index (χ3v) is 5.12. The van der Waals surface area contributed by atoms with Gasteiger partial charge in [0.2, 0.25) is 0 Å². The number of hydrogen-bond donors (Lipinski definition) is 1. The Labute approximate surface area is 137 Å². The largest absolute Gasteiger partial charge is 0.481 e. The molecule has 1 fully saturated rings. The second kappa shape index (κ2) is 5.19. The number of benzene rings is 1. The molecule has 1 N–H and O–H groups in total. The highest BCUT2D eigenvalue weighted by molar-refractivity contribution is 6.08. The van der Waals surface area contributed by atoms with E-state index >= 15 is 0 Å². The zero-order valence-electron chi connectivity index (χ0n) is 12.9. The Morgan fingerprint density at radius 3 is 2.75 bits per heavy atom. The lowest BCUT2D eigenvalue weighted by Gasteiger charge is -2.39. The number of carbonyl (C=O) groups is 2. The standard InChI is InChI=1S/C18H16FNO4/c19-12-3-1-4-13-16(12)18(6-2-7-18)10-20(13)17(23)11-5-8-24-14(11)9-15(21)22/h1,3-5,8H,2,6-7,9-10H2,(H,21,22). The van der Waals surface area contributed by atoms with Gasteiger partial charge in [0.05, 0.1) is 17.5 Å². The van der Waals surface area contributed by atoms with Crippen LogP contribution >= 0.6 is 0 Å². The van der Waals surface area contributed by atoms with E-state index in [1.165, 1.54) is 18.4 Å². The average Bonchev–Trinajstić information content (AvgIpc) is 3.08. The van der Waals surface area contributed by atoms with E-state index in [9.17, 15) is 14.0 Å². The lowest BCUT2D eigenvalue weighted by atomic mass is 9.65. The van der Waals surface area contributed by atoms with Gasteiger partial charge in [-0.05, 0) is 31.0 Å². The SMILES string of the molecule is O=C(O)Cc1occc1C(=O)N1CC2(CCC2)c2c(F)cccc21. The maximum atomic E-state index is 14.4. The van der Waals surface area contributed by atoms with E-state index in [1.54, 1.807) is 17.0 Å². The van der Waals surface area contributed by atoms with Gasteiger partial charge in [-0.1, -0.05) is 12.5 Å². The second-order valence-electron chi connectivity index (χ2n) is 6.49. The van der Waals surface area contributed by atoms with Crippen molar-refractivity contribution < 1.29 is 23.5 Å². The normalized spacial score (nSPS) is 17.6. The molecule has 1 spiro atoms. The van der Waals surface area contributed by atoms with Crippen LogP contribution in [0.3, 0.4) is 0 Å². The van der Waals surface area contributed by atoms with E-state index in [2.05, 4.69) is 0 Å². The number of nitrogens with zero attached hydrogens (tertiary/aromatic N) is 1. The molecule has 0 bridgehead atoms. The molecule has 2 heterocycles. The molecule has 0 saturated heterocycles. The molecule has 6 heteroatoms. The predicted octanol–water partition coefficient (Wildman–Crippen LogP) is 3.13. The summed E-state index contributed by atoms with van der Waals surface area (Å²) in [7, 11) is 0. The van der Waals surface area contributed by atoms with Crippen LogP contribution in [0.5, 0.6) is 0 Å². The molecule has 5 nitrogen and oxygen atoms in total. The van der Waals surface area contributed by atoms with Crippen LogP contribution in [0.4, 0.5) is 10.1 Å². The topological polar surface area (TPSA) is 70.7 Å². The van der Waals surface area contributed by atoms with E-state index in [0.717, 1.165) is 19.3 Å². The molecule has 1 aromatic heterocycles. The molecule has 1 aliphatic carbocycles. The van der Waals surface area contributed by atoms with Gasteiger partial charge in [0.1, 0.15) is 18.0 Å². The number of carbonyl (C=O) groups excluding carboxylic acids is 1. The summed E-state index contributed by atoms with van der Waals surface area (Å²) in [6.45, 7) is 0.430. The molecule has 2 aliphatic rings. The third kappa shape index (κ3) is 2.06. The van der Waals surface area contributed by atoms with Crippen LogP contribution in [-0.2, 0) is 16.6 Å². The zero-order chi connectivity index (χ0) is 16.9. The van der Waals surface area contributed by atoms with Gasteiger partial charge in [-0.3, -0.25) is 9.59 Å². The second-order valence-corrected chi connectivity index (χ2v) is 6.49. The highest BCUT2D eigenvalue weighted by Crippen LogP contribution is 2.53. The lowest BCUT2D eigenvalue weighted by Crippen LogP contribution is -2.41. The number of carboxylic acids is 1. The molecule has 4 rings (SSSR count). The van der Waals surface area contributed by atoms with Crippen molar-refractivity contribution in [3.63, 3.8) is 0 Å². The maximum Gasteiger partial charge on any atom is 0.311 e. The minimum Gasteiger partial charge on any atom is -0.481 e. The van der Waals surface area contributed by atoms with Crippen molar-refractivity contribution in [2.75, 3.05) is 11.4 Å². The molecule has 1 amide bonds. The minimum absolute atomic E-state index is 0.125. The molecular weight excluding hydrogens is 313 g/mol. The van der Waals surface area contributed by atoms with Crippen LogP contribution in [-0.4, -0.2) is 23.5 Å². The van der Waals surface area contributed by atoms with Crippen molar-refractivity contribution in [1.82, 2.24) is 0 Å². The summed E-state index contributed by atoms with van der Waals surface area (Å²) in [5, 5.41) is 8.95. The van der Waals surface area contributed by atoms with Gasteiger partial charge in [0.15, 0.2) is 0 Å². The van der Waals surface area contributed by atoms with Crippen LogP contribution < -0.4 is 4.90 Å². The first-order valence-electron chi connectivity index (χ1n) is 7.91. The van der Waals surface area contributed by atoms with Gasteiger partial charge in [0, 0.05) is 17.5 Å². The number of rotatable bonds is 3. The Hall–Kier alpha value is -2.63. The van der Waals surface area contributed by atoms with Crippen molar-refractivity contribution in [2.24, 2.45) is 0 Å². The maximum absolute atomic E-state index is 14.4. The molecular formula is C18H16FNO4. The Balaban J connectivity index is 1.74. The first-order chi connectivity index (χ1) is 11.5. The zero-order valence-corrected chi connectivity index (χ0v) is 12.9. The molecule has 1 aromatic carbocycles. The van der Waals surface area contributed by atoms with E-state index in [-0.39, 0.29) is 34.9 Å². The molecule has 0 radical (unpaired) electrons. The van der Waals surface area contributed by atoms with Gasteiger partial charge in [-0.15, -0.1) is 0 Å². The fraction of sp³-hybridized carbons (Fsp3) is 0.333. The van der Waals surface area contributed by atoms with E-state index < -0.39 is 5.97 Å². The Bertz CT molecular complexity index is 837. The van der Waals surface area contributed by atoms with Crippen LogP contribution in [0.25, 0.3) is 0 Å². The van der Waals surface area contributed by atoms with Crippen molar-refractivity contribution in [3.8, 4) is 0 Å². The minimum atomic E-state index is -1.07. The highest BCUT2D eigenvalue weighted by Gasteiger charge is 2.50. The average molecular weight is 329 g/mol. The first kappa shape index (κ1) is 14.9. The van der Waals surface area contributed by atoms with Gasteiger partial charge in [-0.2, -0.15) is 0 Å². The highest BCUT2D eigenvalue weighted by atomic mass is 19.1. The van der Waals surface area contributed by atoms with E-state index in [0.29, 0.717) is 17.8 Å². The molecule has 0 atom stereocenters. The Morgan fingerprint density at radius 2 is 2.08 bits per heavy atom. The number of anilines is 1. The van der Waals surface area contributed by atoms with Gasteiger partial charge < -0.3 is 14.4 Å². The molecule has 24 heavy (non-hydrogen) atoms. The summed E-state index contributed by atoms with van der Waals surface area (Å²) in [4.78, 5) is 25.5. The number of hydrogen-bond acceptors (Lipinski definition) is 3. The summed E-state index contributed by atoms with van der Waals surface area (Å²) in [6.07, 6.45) is 3.69. The Morgan fingerprint density at radius 1 is 1.29 bits per heavy atom. The molecule has 124 valence electrons.